The van der Waals surface area contributed by atoms with Gasteiger partial charge in [-0.05, 0) is 24.1 Å². The number of rotatable bonds is 6. The summed E-state index contributed by atoms with van der Waals surface area (Å²) < 4.78 is 13.0. The number of amides is 1. The minimum absolute atomic E-state index is 0.0960. The van der Waals surface area contributed by atoms with E-state index in [0.717, 1.165) is 6.42 Å². The largest absolute Gasteiger partial charge is 0.349 e. The number of benzene rings is 1. The fraction of sp³-hybridized carbons (Fsp3) is 0.462. The van der Waals surface area contributed by atoms with Crippen molar-refractivity contribution in [2.24, 2.45) is 0 Å². The number of alkyl halides is 2. The summed E-state index contributed by atoms with van der Waals surface area (Å²) >= 11 is 6.83. The van der Waals surface area contributed by atoms with E-state index in [1.165, 1.54) is 12.1 Å². The van der Waals surface area contributed by atoms with Crippen molar-refractivity contribution in [2.45, 2.75) is 25.3 Å². The second-order valence-corrected chi connectivity index (χ2v) is 5.38. The average Bonchev–Trinajstić information content (AvgIpc) is 2.36. The molecule has 0 saturated heterocycles. The first-order valence-corrected chi connectivity index (χ1v) is 7.97. The molecule has 0 unspecified atom stereocenters. The zero-order valence-corrected chi connectivity index (χ0v) is 13.4. The van der Waals surface area contributed by atoms with Crippen molar-refractivity contribution in [1.82, 2.24) is 5.32 Å². The summed E-state index contributed by atoms with van der Waals surface area (Å²) in [5, 5.41) is 4.35. The molecule has 0 fully saturated rings. The molecular formula is C13H16Br2FNO. The van der Waals surface area contributed by atoms with Gasteiger partial charge >= 0.3 is 0 Å². The van der Waals surface area contributed by atoms with E-state index in [-0.39, 0.29) is 23.7 Å². The number of hydrogen-bond donors (Lipinski definition) is 1. The number of hydrogen-bond acceptors (Lipinski definition) is 1. The molecule has 0 aliphatic heterocycles. The van der Waals surface area contributed by atoms with Crippen molar-refractivity contribution >= 4 is 37.8 Å². The highest BCUT2D eigenvalue weighted by Gasteiger charge is 2.27. The van der Waals surface area contributed by atoms with Gasteiger partial charge in [-0.2, -0.15) is 0 Å². The first-order valence-electron chi connectivity index (χ1n) is 5.72. The van der Waals surface area contributed by atoms with E-state index in [9.17, 15) is 9.18 Å². The summed E-state index contributed by atoms with van der Waals surface area (Å²) in [4.78, 5) is 11.9. The summed E-state index contributed by atoms with van der Waals surface area (Å²) in [6, 6.07) is 6.11. The Morgan fingerprint density at radius 1 is 1.39 bits per heavy atom. The van der Waals surface area contributed by atoms with E-state index in [0.29, 0.717) is 16.2 Å². The molecule has 1 N–H and O–H groups in total. The van der Waals surface area contributed by atoms with Crippen molar-refractivity contribution in [3.8, 4) is 0 Å². The van der Waals surface area contributed by atoms with Gasteiger partial charge in [-0.25, -0.2) is 4.39 Å². The first-order chi connectivity index (χ1) is 8.55. The van der Waals surface area contributed by atoms with E-state index < -0.39 is 0 Å². The fourth-order valence-electron chi connectivity index (χ4n) is 1.55. The maximum absolute atomic E-state index is 13.0. The molecule has 18 heavy (non-hydrogen) atoms. The molecule has 0 aromatic heterocycles. The molecule has 2 nitrogen and oxygen atoms in total. The van der Waals surface area contributed by atoms with Crippen LogP contribution in [-0.4, -0.2) is 22.1 Å². The lowest BCUT2D eigenvalue weighted by molar-refractivity contribution is -0.121. The standard InChI is InChI=1S/C13H16Br2FNO/c1-2-13(8-14,9-15)17-12(18)7-10-4-3-5-11(16)6-10/h3-6H,2,7-9H2,1H3,(H,17,18). The summed E-state index contributed by atoms with van der Waals surface area (Å²) in [6.07, 6.45) is 1.01. The van der Waals surface area contributed by atoms with Gasteiger partial charge < -0.3 is 5.32 Å². The lowest BCUT2D eigenvalue weighted by Gasteiger charge is -2.30. The van der Waals surface area contributed by atoms with Gasteiger partial charge in [0.25, 0.3) is 0 Å². The van der Waals surface area contributed by atoms with Gasteiger partial charge in [-0.1, -0.05) is 50.9 Å². The second-order valence-electron chi connectivity index (χ2n) is 4.26. The summed E-state index contributed by atoms with van der Waals surface area (Å²) in [6.45, 7) is 2.02. The minimum Gasteiger partial charge on any atom is -0.349 e. The van der Waals surface area contributed by atoms with Crippen LogP contribution in [0.1, 0.15) is 18.9 Å². The topological polar surface area (TPSA) is 29.1 Å². The van der Waals surface area contributed by atoms with E-state index in [4.69, 9.17) is 0 Å². The van der Waals surface area contributed by atoms with Gasteiger partial charge in [0.15, 0.2) is 0 Å². The number of carbonyl (C=O) groups is 1. The Balaban J connectivity index is 2.66. The van der Waals surface area contributed by atoms with E-state index >= 15 is 0 Å². The predicted molar refractivity (Wildman–Crippen MR) is 78.9 cm³/mol. The van der Waals surface area contributed by atoms with Gasteiger partial charge in [0.05, 0.1) is 12.0 Å². The van der Waals surface area contributed by atoms with Crippen LogP contribution in [0.25, 0.3) is 0 Å². The van der Waals surface area contributed by atoms with Gasteiger partial charge in [0, 0.05) is 10.7 Å². The predicted octanol–water partition coefficient (Wildman–Crippen LogP) is 3.42. The molecule has 0 bridgehead atoms. The van der Waals surface area contributed by atoms with Crippen molar-refractivity contribution in [3.05, 3.63) is 35.6 Å². The minimum atomic E-state index is -0.317. The van der Waals surface area contributed by atoms with Crippen LogP contribution in [0.15, 0.2) is 24.3 Å². The molecule has 0 atom stereocenters. The van der Waals surface area contributed by atoms with E-state index in [1.807, 2.05) is 6.92 Å². The molecule has 1 rings (SSSR count). The maximum Gasteiger partial charge on any atom is 0.224 e. The highest BCUT2D eigenvalue weighted by atomic mass is 79.9. The zero-order valence-electron chi connectivity index (χ0n) is 10.2. The van der Waals surface area contributed by atoms with Crippen LogP contribution < -0.4 is 5.32 Å². The average molecular weight is 381 g/mol. The third kappa shape index (κ3) is 4.35. The molecule has 0 aliphatic rings. The Morgan fingerprint density at radius 2 is 2.06 bits per heavy atom. The van der Waals surface area contributed by atoms with Crippen molar-refractivity contribution in [2.75, 3.05) is 10.7 Å². The molecule has 100 valence electrons. The van der Waals surface area contributed by atoms with E-state index in [2.05, 4.69) is 37.2 Å². The molecule has 0 heterocycles. The highest BCUT2D eigenvalue weighted by Crippen LogP contribution is 2.17. The van der Waals surface area contributed by atoms with Crippen LogP contribution in [0.4, 0.5) is 4.39 Å². The van der Waals surface area contributed by atoms with Gasteiger partial charge in [0.2, 0.25) is 5.91 Å². The van der Waals surface area contributed by atoms with Crippen LogP contribution >= 0.6 is 31.9 Å². The Hall–Kier alpha value is -0.420. The van der Waals surface area contributed by atoms with Crippen molar-refractivity contribution < 1.29 is 9.18 Å². The van der Waals surface area contributed by atoms with Crippen LogP contribution in [0.3, 0.4) is 0 Å². The lowest BCUT2D eigenvalue weighted by Crippen LogP contribution is -2.51. The third-order valence-corrected chi connectivity index (χ3v) is 4.99. The summed E-state index contributed by atoms with van der Waals surface area (Å²) in [5.41, 5.74) is 0.395. The number of nitrogens with one attached hydrogen (secondary N) is 1. The molecular weight excluding hydrogens is 365 g/mol. The van der Waals surface area contributed by atoms with Crippen LogP contribution in [0.5, 0.6) is 0 Å². The Labute approximate surface area is 124 Å². The third-order valence-electron chi connectivity index (χ3n) is 2.85. The van der Waals surface area contributed by atoms with Gasteiger partial charge in [0.1, 0.15) is 5.82 Å². The smallest absolute Gasteiger partial charge is 0.224 e. The van der Waals surface area contributed by atoms with E-state index in [1.54, 1.807) is 12.1 Å². The van der Waals surface area contributed by atoms with Gasteiger partial charge in [-0.3, -0.25) is 4.79 Å². The molecule has 0 saturated carbocycles. The molecule has 0 radical (unpaired) electrons. The Morgan fingerprint density at radius 3 is 2.56 bits per heavy atom. The molecule has 0 aliphatic carbocycles. The van der Waals surface area contributed by atoms with Crippen molar-refractivity contribution in [1.29, 1.82) is 0 Å². The molecule has 0 spiro atoms. The quantitative estimate of drug-likeness (QED) is 0.752. The van der Waals surface area contributed by atoms with Gasteiger partial charge in [-0.15, -0.1) is 0 Å². The molecule has 1 aromatic carbocycles. The molecule has 1 amide bonds. The van der Waals surface area contributed by atoms with Crippen molar-refractivity contribution in [3.63, 3.8) is 0 Å². The zero-order chi connectivity index (χ0) is 13.6. The molecule has 1 aromatic rings. The van der Waals surface area contributed by atoms with Crippen LogP contribution in [-0.2, 0) is 11.2 Å². The normalized spacial score (nSPS) is 11.3. The second kappa shape index (κ2) is 7.24. The summed E-state index contributed by atoms with van der Waals surface area (Å²) in [7, 11) is 0. The lowest BCUT2D eigenvalue weighted by atomic mass is 10.0. The number of carbonyl (C=O) groups excluding carboxylic acids is 1. The maximum atomic E-state index is 13.0. The summed E-state index contributed by atoms with van der Waals surface area (Å²) in [5.74, 6) is -0.413. The SMILES string of the molecule is CCC(CBr)(CBr)NC(=O)Cc1cccc(F)c1. The Kier molecular flexibility index (Phi) is 6.29. The Bertz CT molecular complexity index is 399. The van der Waals surface area contributed by atoms with Crippen LogP contribution in [0, 0.1) is 5.82 Å². The highest BCUT2D eigenvalue weighted by molar-refractivity contribution is 9.09. The monoisotopic (exact) mass is 379 g/mol. The fourth-order valence-corrected chi connectivity index (χ4v) is 3.55. The van der Waals surface area contributed by atoms with Crippen LogP contribution in [0.2, 0.25) is 0 Å². The molecule has 5 heteroatoms. The first kappa shape index (κ1) is 15.6. The number of halogens is 3.